The molecule has 0 aliphatic carbocycles. The summed E-state index contributed by atoms with van der Waals surface area (Å²) in [6, 6.07) is 0. The molecule has 3 heteroatoms. The van der Waals surface area contributed by atoms with E-state index in [2.05, 4.69) is 13.8 Å². The van der Waals surface area contributed by atoms with Gasteiger partial charge < -0.3 is 7.05 Å². The van der Waals surface area contributed by atoms with Crippen molar-refractivity contribution in [3.63, 3.8) is 0 Å². The van der Waals surface area contributed by atoms with Gasteiger partial charge >= 0.3 is 16.1 Å². The van der Waals surface area contributed by atoms with Crippen LogP contribution >= 0.6 is 0 Å². The van der Waals surface area contributed by atoms with Crippen LogP contribution in [0.25, 0.3) is 0 Å². The summed E-state index contributed by atoms with van der Waals surface area (Å²) in [5.41, 5.74) is 0. The van der Waals surface area contributed by atoms with Gasteiger partial charge in [0.05, 0.1) is 0 Å². The Bertz CT molecular complexity index is 54.5. The fraction of sp³-hybridized carbons (Fsp3) is 1.00. The van der Waals surface area contributed by atoms with Gasteiger partial charge in [0.25, 0.3) is 0 Å². The molecular formula is C9H21AlF2. The Hall–Kier alpha value is 0.392. The maximum atomic E-state index is 9.76. The Morgan fingerprint density at radius 3 is 1.25 bits per heavy atom. The lowest BCUT2D eigenvalue weighted by Gasteiger charge is -1.96. The first kappa shape index (κ1) is 14.9. The lowest BCUT2D eigenvalue weighted by atomic mass is 10.1. The molecule has 0 aromatic carbocycles. The third kappa shape index (κ3) is 22.4. The molecule has 0 amide bonds. The summed E-state index contributed by atoms with van der Waals surface area (Å²) in [6.45, 7) is 4.53. The van der Waals surface area contributed by atoms with Crippen LogP contribution in [0, 0.1) is 0 Å². The van der Waals surface area contributed by atoms with E-state index in [0.29, 0.717) is 0 Å². The number of rotatable bonds is 6. The number of hydrogen-bond donors (Lipinski definition) is 0. The van der Waals surface area contributed by atoms with Gasteiger partial charge in [-0.05, 0) is 0 Å². The average molecular weight is 194 g/mol. The van der Waals surface area contributed by atoms with Gasteiger partial charge in [-0.25, -0.2) is 0 Å². The van der Waals surface area contributed by atoms with E-state index in [9.17, 15) is 7.05 Å². The van der Waals surface area contributed by atoms with E-state index in [-0.39, 0.29) is 0 Å². The molecule has 0 fully saturated rings. The first-order chi connectivity index (χ1) is 5.83. The van der Waals surface area contributed by atoms with E-state index in [1.165, 1.54) is 44.9 Å². The molecule has 0 saturated carbocycles. The third-order valence-corrected chi connectivity index (χ3v) is 1.71. The van der Waals surface area contributed by atoms with Crippen molar-refractivity contribution in [3.05, 3.63) is 0 Å². The minimum Gasteiger partial charge on any atom is -0.377 e. The zero-order chi connectivity index (χ0) is 9.66. The standard InChI is InChI=1S/C9H20.Al.2FH.H/c1-3-5-7-9-8-6-4-2;;;;/h3-9H2,1-2H3;;2*1H;/q;+2;;;/p-2. The van der Waals surface area contributed by atoms with Gasteiger partial charge in [0.1, 0.15) is 0 Å². The van der Waals surface area contributed by atoms with Crippen molar-refractivity contribution in [2.75, 3.05) is 0 Å². The van der Waals surface area contributed by atoms with Crippen molar-refractivity contribution < 1.29 is 7.05 Å². The van der Waals surface area contributed by atoms with Crippen LogP contribution in [0.3, 0.4) is 0 Å². The quantitative estimate of drug-likeness (QED) is 0.443. The molecule has 0 aromatic heterocycles. The molecule has 0 unspecified atom stereocenters. The molecule has 0 radical (unpaired) electrons. The summed E-state index contributed by atoms with van der Waals surface area (Å²) in [7, 11) is 0. The molecule has 0 aliphatic rings. The predicted molar refractivity (Wildman–Crippen MR) is 53.0 cm³/mol. The molecule has 0 bridgehead atoms. The highest BCUT2D eigenvalue weighted by Gasteiger charge is 1.85. The summed E-state index contributed by atoms with van der Waals surface area (Å²) < 4.78 is 19.5. The van der Waals surface area contributed by atoms with Gasteiger partial charge in [-0.3, -0.25) is 0 Å². The lowest BCUT2D eigenvalue weighted by molar-refractivity contribution is 0.602. The highest BCUT2D eigenvalue weighted by Crippen LogP contribution is 2.05. The Kier molecular flexibility index (Phi) is 21.7. The van der Waals surface area contributed by atoms with Crippen LogP contribution in [0.2, 0.25) is 0 Å². The van der Waals surface area contributed by atoms with Crippen LogP contribution in [-0.2, 0) is 0 Å². The van der Waals surface area contributed by atoms with Crippen molar-refractivity contribution in [3.8, 4) is 0 Å². The van der Waals surface area contributed by atoms with Gasteiger partial charge in [-0.2, -0.15) is 0 Å². The summed E-state index contributed by atoms with van der Waals surface area (Å²) >= 11 is -2.58. The van der Waals surface area contributed by atoms with E-state index in [1.54, 1.807) is 0 Å². The summed E-state index contributed by atoms with van der Waals surface area (Å²) in [4.78, 5) is 0. The first-order valence-electron chi connectivity index (χ1n) is 4.95. The Morgan fingerprint density at radius 2 is 1.00 bits per heavy atom. The van der Waals surface area contributed by atoms with Crippen LogP contribution in [0.5, 0.6) is 0 Å². The van der Waals surface area contributed by atoms with Crippen molar-refractivity contribution in [1.29, 1.82) is 0 Å². The van der Waals surface area contributed by atoms with Gasteiger partial charge in [0.2, 0.25) is 0 Å². The van der Waals surface area contributed by atoms with Gasteiger partial charge in [0.15, 0.2) is 0 Å². The van der Waals surface area contributed by atoms with Crippen molar-refractivity contribution in [2.45, 2.75) is 58.8 Å². The number of unbranched alkanes of at least 4 members (excludes halogenated alkanes) is 6. The smallest absolute Gasteiger partial charge is 0.377 e. The largest absolute Gasteiger partial charge is 0.732 e. The SMILES string of the molecule is CCCCCCCCC.[F][AlH][F]. The normalized spacial score (nSPS) is 8.67. The van der Waals surface area contributed by atoms with Crippen molar-refractivity contribution >= 4 is 16.1 Å². The zero-order valence-electron chi connectivity index (χ0n) is 8.41. The maximum Gasteiger partial charge on any atom is 0.732 e. The molecule has 12 heavy (non-hydrogen) atoms. The van der Waals surface area contributed by atoms with E-state index >= 15 is 0 Å². The molecule has 0 aromatic rings. The average Bonchev–Trinajstić information content (AvgIpc) is 2.06. The van der Waals surface area contributed by atoms with Gasteiger partial charge in [-0.15, -0.1) is 0 Å². The van der Waals surface area contributed by atoms with Crippen LogP contribution in [0.15, 0.2) is 0 Å². The molecule has 0 N–H and O–H groups in total. The highest BCUT2D eigenvalue weighted by molar-refractivity contribution is 6.15. The second-order valence-corrected chi connectivity index (χ2v) is 3.07. The van der Waals surface area contributed by atoms with E-state index < -0.39 is 16.1 Å². The second kappa shape index (κ2) is 17.5. The minimum atomic E-state index is -2.58. The minimum absolute atomic E-state index is 1.37. The molecule has 0 rings (SSSR count). The van der Waals surface area contributed by atoms with E-state index in [1.807, 2.05) is 0 Å². The van der Waals surface area contributed by atoms with Gasteiger partial charge in [-0.1, -0.05) is 58.8 Å². The Morgan fingerprint density at radius 1 is 0.750 bits per heavy atom. The number of hydrogen-bond acceptors (Lipinski definition) is 0. The zero-order valence-corrected chi connectivity index (χ0v) is 9.83. The second-order valence-electron chi connectivity index (χ2n) is 2.87. The molecule has 0 atom stereocenters. The highest BCUT2D eigenvalue weighted by atomic mass is 27.2. The molecule has 0 nitrogen and oxygen atoms in total. The molecule has 0 saturated heterocycles. The summed E-state index contributed by atoms with van der Waals surface area (Å²) in [6.07, 6.45) is 9.97. The van der Waals surface area contributed by atoms with E-state index in [4.69, 9.17) is 0 Å². The monoisotopic (exact) mass is 194 g/mol. The predicted octanol–water partition coefficient (Wildman–Crippen LogP) is 3.95. The topological polar surface area (TPSA) is 0 Å². The molecule has 0 spiro atoms. The number of halogens is 2. The third-order valence-electron chi connectivity index (χ3n) is 1.71. The Balaban J connectivity index is 0. The van der Waals surface area contributed by atoms with Crippen LogP contribution in [0.1, 0.15) is 58.8 Å². The van der Waals surface area contributed by atoms with Crippen LogP contribution < -0.4 is 0 Å². The fourth-order valence-electron chi connectivity index (χ4n) is 1.03. The van der Waals surface area contributed by atoms with Crippen LogP contribution in [0.4, 0.5) is 7.05 Å². The molecule has 0 aliphatic heterocycles. The van der Waals surface area contributed by atoms with Gasteiger partial charge in [0, 0.05) is 0 Å². The summed E-state index contributed by atoms with van der Waals surface area (Å²) in [5.74, 6) is 0. The van der Waals surface area contributed by atoms with E-state index in [0.717, 1.165) is 0 Å². The molecule has 0 heterocycles. The first-order valence-corrected chi connectivity index (χ1v) is 6.02. The summed E-state index contributed by atoms with van der Waals surface area (Å²) in [5, 5.41) is 0. The van der Waals surface area contributed by atoms with Crippen molar-refractivity contribution in [2.24, 2.45) is 0 Å². The molecular weight excluding hydrogens is 173 g/mol. The van der Waals surface area contributed by atoms with Crippen LogP contribution in [-0.4, -0.2) is 16.1 Å². The fourth-order valence-corrected chi connectivity index (χ4v) is 1.03. The van der Waals surface area contributed by atoms with Crippen molar-refractivity contribution in [1.82, 2.24) is 0 Å². The Labute approximate surface area is 82.4 Å². The lowest BCUT2D eigenvalue weighted by Crippen LogP contribution is -1.76. The maximum absolute atomic E-state index is 9.76. The molecule has 74 valence electrons.